The molecule has 2 heterocycles. The van der Waals surface area contributed by atoms with Gasteiger partial charge in [-0.05, 0) is 13.8 Å². The van der Waals surface area contributed by atoms with E-state index in [1.807, 2.05) is 6.92 Å². The number of aliphatic hydroxyl groups excluding tert-OH is 1. The Balaban J connectivity index is 2.46. The van der Waals surface area contributed by atoms with Gasteiger partial charge in [-0.1, -0.05) is 6.92 Å². The summed E-state index contributed by atoms with van der Waals surface area (Å²) in [4.78, 5) is 25.2. The van der Waals surface area contributed by atoms with Crippen LogP contribution in [0.1, 0.15) is 25.6 Å². The van der Waals surface area contributed by atoms with Crippen LogP contribution in [0.3, 0.4) is 0 Å². The Bertz CT molecular complexity index is 533. The van der Waals surface area contributed by atoms with Gasteiger partial charge >= 0.3 is 5.69 Å². The van der Waals surface area contributed by atoms with E-state index in [1.54, 1.807) is 13.8 Å². The molecule has 2 N–H and O–H groups in total. The Morgan fingerprint density at radius 2 is 2.06 bits per heavy atom. The average molecular weight is 240 g/mol. The van der Waals surface area contributed by atoms with E-state index >= 15 is 0 Å². The second-order valence-corrected chi connectivity index (χ2v) is 4.56. The number of ether oxygens (including phenoxy) is 1. The first-order chi connectivity index (χ1) is 7.91. The van der Waals surface area contributed by atoms with Crippen molar-refractivity contribution in [3.8, 4) is 0 Å². The Kier molecular flexibility index (Phi) is 2.92. The summed E-state index contributed by atoms with van der Waals surface area (Å²) in [6.07, 6.45) is -0.0103. The van der Waals surface area contributed by atoms with Crippen molar-refractivity contribution in [2.24, 2.45) is 5.92 Å². The van der Waals surface area contributed by atoms with Gasteiger partial charge < -0.3 is 9.84 Å². The number of nitrogens with zero attached hydrogens (tertiary/aromatic N) is 1. The highest BCUT2D eigenvalue weighted by Gasteiger charge is 2.39. The fourth-order valence-electron chi connectivity index (χ4n) is 2.11. The molecular weight excluding hydrogens is 224 g/mol. The highest BCUT2D eigenvalue weighted by atomic mass is 16.5. The number of hydrogen-bond acceptors (Lipinski definition) is 4. The van der Waals surface area contributed by atoms with E-state index in [9.17, 15) is 14.7 Å². The van der Waals surface area contributed by atoms with E-state index in [-0.39, 0.29) is 12.0 Å². The predicted molar refractivity (Wildman–Crippen MR) is 60.8 cm³/mol. The topological polar surface area (TPSA) is 84.3 Å². The van der Waals surface area contributed by atoms with Crippen LogP contribution in [0.25, 0.3) is 0 Å². The summed E-state index contributed by atoms with van der Waals surface area (Å²) in [6, 6.07) is 0. The monoisotopic (exact) mass is 240 g/mol. The molecule has 1 fully saturated rings. The zero-order chi connectivity index (χ0) is 12.7. The molecule has 1 aromatic heterocycles. The van der Waals surface area contributed by atoms with Crippen LogP contribution in [0.5, 0.6) is 0 Å². The van der Waals surface area contributed by atoms with Crippen LogP contribution in [0.15, 0.2) is 15.8 Å². The third-order valence-corrected chi connectivity index (χ3v) is 3.24. The van der Waals surface area contributed by atoms with Crippen LogP contribution >= 0.6 is 0 Å². The third kappa shape index (κ3) is 1.94. The summed E-state index contributed by atoms with van der Waals surface area (Å²) < 4.78 is 6.87. The molecule has 94 valence electrons. The van der Waals surface area contributed by atoms with Crippen molar-refractivity contribution >= 4 is 0 Å². The van der Waals surface area contributed by atoms with Crippen LogP contribution in [0.2, 0.25) is 0 Å². The third-order valence-electron chi connectivity index (χ3n) is 3.24. The number of H-pyrrole nitrogens is 1. The molecule has 1 aliphatic rings. The number of aryl methyl sites for hydroxylation is 1. The van der Waals surface area contributed by atoms with Crippen LogP contribution in [-0.2, 0) is 4.74 Å². The quantitative estimate of drug-likeness (QED) is 0.709. The minimum absolute atomic E-state index is 0.201. The number of aromatic nitrogens is 2. The lowest BCUT2D eigenvalue weighted by Gasteiger charge is -2.18. The second-order valence-electron chi connectivity index (χ2n) is 4.56. The predicted octanol–water partition coefficient (Wildman–Crippen LogP) is -0.241. The molecule has 0 spiro atoms. The van der Waals surface area contributed by atoms with Gasteiger partial charge in [-0.3, -0.25) is 14.3 Å². The normalized spacial score (nSPS) is 32.9. The molecule has 0 bridgehead atoms. The maximum absolute atomic E-state index is 11.7. The van der Waals surface area contributed by atoms with Gasteiger partial charge in [-0.25, -0.2) is 4.79 Å². The van der Waals surface area contributed by atoms with E-state index in [1.165, 1.54) is 10.8 Å². The molecule has 4 atom stereocenters. The van der Waals surface area contributed by atoms with Gasteiger partial charge in [0.05, 0.1) is 12.2 Å². The Morgan fingerprint density at radius 3 is 2.59 bits per heavy atom. The van der Waals surface area contributed by atoms with Crippen molar-refractivity contribution in [2.45, 2.75) is 39.2 Å². The van der Waals surface area contributed by atoms with Crippen LogP contribution < -0.4 is 11.2 Å². The van der Waals surface area contributed by atoms with Crippen molar-refractivity contribution in [1.82, 2.24) is 9.55 Å². The molecule has 0 radical (unpaired) electrons. The average Bonchev–Trinajstić information content (AvgIpc) is 2.51. The van der Waals surface area contributed by atoms with Crippen LogP contribution in [0.4, 0.5) is 0 Å². The number of rotatable bonds is 1. The fraction of sp³-hybridized carbons (Fsp3) is 0.636. The Hall–Kier alpha value is -1.40. The molecule has 0 aliphatic carbocycles. The van der Waals surface area contributed by atoms with Gasteiger partial charge in [0, 0.05) is 17.7 Å². The molecule has 0 amide bonds. The first kappa shape index (κ1) is 12.1. The van der Waals surface area contributed by atoms with Crippen LogP contribution in [-0.4, -0.2) is 26.9 Å². The van der Waals surface area contributed by atoms with E-state index < -0.39 is 23.6 Å². The minimum Gasteiger partial charge on any atom is -0.390 e. The van der Waals surface area contributed by atoms with Gasteiger partial charge in [0.15, 0.2) is 0 Å². The lowest BCUT2D eigenvalue weighted by Crippen LogP contribution is -2.35. The highest BCUT2D eigenvalue weighted by molar-refractivity contribution is 5.02. The molecule has 6 heteroatoms. The van der Waals surface area contributed by atoms with Gasteiger partial charge in [-0.15, -0.1) is 0 Å². The van der Waals surface area contributed by atoms with E-state index in [4.69, 9.17) is 4.74 Å². The SMILES string of the molecule is Cc1cn([C@H]2OC(C)[C@@H](O)[C@H]2C)c(=O)[nH]c1=O. The standard InChI is InChI=1S/C11H16N2O4/c1-5-4-13(11(16)12-9(5)15)10-6(2)8(14)7(3)17-10/h4,6-8,10,14H,1-3H3,(H,12,15,16)/t6-,7?,8+,10+/m1/s1. The molecule has 1 aromatic rings. The molecular formula is C11H16N2O4. The van der Waals surface area contributed by atoms with Gasteiger partial charge in [0.1, 0.15) is 6.23 Å². The fourth-order valence-corrected chi connectivity index (χ4v) is 2.11. The van der Waals surface area contributed by atoms with E-state index in [0.717, 1.165) is 0 Å². The number of aromatic amines is 1. The summed E-state index contributed by atoms with van der Waals surface area (Å²) in [6.45, 7) is 5.19. The van der Waals surface area contributed by atoms with Crippen molar-refractivity contribution in [1.29, 1.82) is 0 Å². The first-order valence-corrected chi connectivity index (χ1v) is 5.57. The Morgan fingerprint density at radius 1 is 1.41 bits per heavy atom. The lowest BCUT2D eigenvalue weighted by molar-refractivity contribution is -0.0143. The molecule has 0 saturated carbocycles. The minimum atomic E-state index is -0.612. The molecule has 6 nitrogen and oxygen atoms in total. The Labute approximate surface area is 97.9 Å². The first-order valence-electron chi connectivity index (χ1n) is 5.57. The maximum Gasteiger partial charge on any atom is 0.330 e. The van der Waals surface area contributed by atoms with E-state index in [2.05, 4.69) is 4.98 Å². The smallest absolute Gasteiger partial charge is 0.330 e. The summed E-state index contributed by atoms with van der Waals surface area (Å²) in [5, 5.41) is 9.80. The molecule has 2 rings (SSSR count). The van der Waals surface area contributed by atoms with Crippen molar-refractivity contribution in [3.05, 3.63) is 32.6 Å². The molecule has 1 aliphatic heterocycles. The largest absolute Gasteiger partial charge is 0.390 e. The molecule has 0 aromatic carbocycles. The molecule has 1 unspecified atom stereocenters. The molecule has 1 saturated heterocycles. The van der Waals surface area contributed by atoms with Gasteiger partial charge in [0.2, 0.25) is 0 Å². The van der Waals surface area contributed by atoms with Gasteiger partial charge in [0.25, 0.3) is 5.56 Å². The van der Waals surface area contributed by atoms with Crippen molar-refractivity contribution in [2.75, 3.05) is 0 Å². The number of aliphatic hydroxyl groups is 1. The zero-order valence-corrected chi connectivity index (χ0v) is 10.0. The summed E-state index contributed by atoms with van der Waals surface area (Å²) in [5.74, 6) is -0.201. The van der Waals surface area contributed by atoms with Crippen molar-refractivity contribution < 1.29 is 9.84 Å². The van der Waals surface area contributed by atoms with Crippen LogP contribution in [0, 0.1) is 12.8 Å². The van der Waals surface area contributed by atoms with Crippen molar-refractivity contribution in [3.63, 3.8) is 0 Å². The zero-order valence-electron chi connectivity index (χ0n) is 10.0. The summed E-state index contributed by atoms with van der Waals surface area (Å²) >= 11 is 0. The summed E-state index contributed by atoms with van der Waals surface area (Å²) in [7, 11) is 0. The highest BCUT2D eigenvalue weighted by Crippen LogP contribution is 2.33. The lowest BCUT2D eigenvalue weighted by atomic mass is 10.0. The maximum atomic E-state index is 11.7. The van der Waals surface area contributed by atoms with Gasteiger partial charge in [-0.2, -0.15) is 0 Å². The number of nitrogens with one attached hydrogen (secondary N) is 1. The molecule has 17 heavy (non-hydrogen) atoms. The number of hydrogen-bond donors (Lipinski definition) is 2. The van der Waals surface area contributed by atoms with E-state index in [0.29, 0.717) is 5.56 Å². The summed E-state index contributed by atoms with van der Waals surface area (Å²) in [5.41, 5.74) is -0.473. The second kappa shape index (κ2) is 4.12.